The molecule has 23 heavy (non-hydrogen) atoms. The van der Waals surface area contributed by atoms with E-state index in [1.54, 1.807) is 0 Å². The first-order chi connectivity index (χ1) is 11.0. The van der Waals surface area contributed by atoms with Crippen LogP contribution in [0.1, 0.15) is 33.7 Å². The lowest BCUT2D eigenvalue weighted by atomic mass is 10.1. The lowest BCUT2D eigenvalue weighted by Crippen LogP contribution is -2.38. The lowest BCUT2D eigenvalue weighted by Gasteiger charge is -2.24. The molecule has 0 radical (unpaired) electrons. The van der Waals surface area contributed by atoms with Crippen molar-refractivity contribution in [3.63, 3.8) is 0 Å². The summed E-state index contributed by atoms with van der Waals surface area (Å²) in [5, 5.41) is 7.80. The Bertz CT molecular complexity index is 701. The molecule has 0 spiro atoms. The molecule has 1 aliphatic heterocycles. The lowest BCUT2D eigenvalue weighted by molar-refractivity contribution is 0.0743. The molecule has 3 rings (SSSR count). The SMILES string of the molecule is Cc1cc(C)n(Cc2cccc(C(=O)N(C)[C@H]3CCNC3)c2)n1. The fourth-order valence-electron chi connectivity index (χ4n) is 3.15. The number of nitrogens with one attached hydrogen (secondary N) is 1. The van der Waals surface area contributed by atoms with Crippen LogP contribution in [0, 0.1) is 13.8 Å². The molecule has 0 aliphatic carbocycles. The fraction of sp³-hybridized carbons (Fsp3) is 0.444. The van der Waals surface area contributed by atoms with Gasteiger partial charge >= 0.3 is 0 Å². The fourth-order valence-corrected chi connectivity index (χ4v) is 3.15. The van der Waals surface area contributed by atoms with Gasteiger partial charge in [-0.05, 0) is 50.6 Å². The summed E-state index contributed by atoms with van der Waals surface area (Å²) in [6.07, 6.45) is 1.02. The highest BCUT2D eigenvalue weighted by Crippen LogP contribution is 2.14. The van der Waals surface area contributed by atoms with Gasteiger partial charge in [0.25, 0.3) is 5.91 Å². The molecular weight excluding hydrogens is 288 g/mol. The standard InChI is InChI=1S/C18H24N4O/c1-13-9-14(2)22(20-13)12-15-5-4-6-16(10-15)18(23)21(3)17-7-8-19-11-17/h4-6,9-10,17,19H,7-8,11-12H2,1-3H3/t17-/m0/s1. The number of benzene rings is 1. The predicted octanol–water partition coefficient (Wildman–Crippen LogP) is 1.98. The second-order valence-corrected chi connectivity index (χ2v) is 6.35. The van der Waals surface area contributed by atoms with E-state index < -0.39 is 0 Å². The molecule has 1 atom stereocenters. The first-order valence-corrected chi connectivity index (χ1v) is 8.12. The van der Waals surface area contributed by atoms with Gasteiger partial charge in [0.2, 0.25) is 0 Å². The third-order valence-corrected chi connectivity index (χ3v) is 4.51. The number of nitrogens with zero attached hydrogens (tertiary/aromatic N) is 3. The van der Waals surface area contributed by atoms with E-state index in [4.69, 9.17) is 0 Å². The summed E-state index contributed by atoms with van der Waals surface area (Å²) >= 11 is 0. The molecule has 5 nitrogen and oxygen atoms in total. The number of carbonyl (C=O) groups is 1. The van der Waals surface area contributed by atoms with E-state index in [0.29, 0.717) is 12.6 Å². The van der Waals surface area contributed by atoms with Crippen molar-refractivity contribution in [1.29, 1.82) is 0 Å². The number of aromatic nitrogens is 2. The Morgan fingerprint density at radius 3 is 2.87 bits per heavy atom. The third-order valence-electron chi connectivity index (χ3n) is 4.51. The highest BCUT2D eigenvalue weighted by atomic mass is 16.2. The summed E-state index contributed by atoms with van der Waals surface area (Å²) < 4.78 is 1.98. The smallest absolute Gasteiger partial charge is 0.253 e. The summed E-state index contributed by atoms with van der Waals surface area (Å²) in [5.74, 6) is 0.0916. The normalized spacial score (nSPS) is 17.4. The Labute approximate surface area is 137 Å². The maximum atomic E-state index is 12.7. The van der Waals surface area contributed by atoms with Crippen LogP contribution in [0.5, 0.6) is 0 Å². The van der Waals surface area contributed by atoms with Crippen LogP contribution in [0.25, 0.3) is 0 Å². The van der Waals surface area contributed by atoms with Gasteiger partial charge in [0.1, 0.15) is 0 Å². The molecule has 0 saturated carbocycles. The Hall–Kier alpha value is -2.14. The van der Waals surface area contributed by atoms with E-state index in [1.165, 1.54) is 0 Å². The minimum Gasteiger partial charge on any atom is -0.337 e. The van der Waals surface area contributed by atoms with Gasteiger partial charge < -0.3 is 10.2 Å². The molecule has 1 aromatic heterocycles. The minimum absolute atomic E-state index is 0.0916. The maximum Gasteiger partial charge on any atom is 0.253 e. The van der Waals surface area contributed by atoms with Gasteiger partial charge in [-0.3, -0.25) is 9.48 Å². The second-order valence-electron chi connectivity index (χ2n) is 6.35. The van der Waals surface area contributed by atoms with E-state index in [0.717, 1.165) is 42.0 Å². The van der Waals surface area contributed by atoms with Crippen molar-refractivity contribution in [3.8, 4) is 0 Å². The Morgan fingerprint density at radius 1 is 1.39 bits per heavy atom. The van der Waals surface area contributed by atoms with Crippen molar-refractivity contribution in [1.82, 2.24) is 20.0 Å². The van der Waals surface area contributed by atoms with Crippen molar-refractivity contribution in [2.75, 3.05) is 20.1 Å². The van der Waals surface area contributed by atoms with Crippen molar-refractivity contribution >= 4 is 5.91 Å². The first kappa shape index (κ1) is 15.7. The molecule has 1 aromatic carbocycles. The second kappa shape index (κ2) is 6.54. The summed E-state index contributed by atoms with van der Waals surface area (Å²) in [6, 6.07) is 10.2. The molecule has 2 heterocycles. The zero-order valence-electron chi connectivity index (χ0n) is 14.0. The third kappa shape index (κ3) is 3.45. The number of aryl methyl sites for hydroxylation is 2. The molecule has 0 bridgehead atoms. The monoisotopic (exact) mass is 312 g/mol. The van der Waals surface area contributed by atoms with Crippen molar-refractivity contribution in [2.45, 2.75) is 32.9 Å². The largest absolute Gasteiger partial charge is 0.337 e. The topological polar surface area (TPSA) is 50.2 Å². The van der Waals surface area contributed by atoms with Crippen LogP contribution < -0.4 is 5.32 Å². The zero-order valence-corrected chi connectivity index (χ0v) is 14.0. The van der Waals surface area contributed by atoms with E-state index >= 15 is 0 Å². The van der Waals surface area contributed by atoms with Crippen molar-refractivity contribution in [3.05, 3.63) is 52.8 Å². The van der Waals surface area contributed by atoms with Crippen LogP contribution in [-0.2, 0) is 6.54 Å². The molecular formula is C18H24N4O. The van der Waals surface area contributed by atoms with Crippen LogP contribution in [0.15, 0.2) is 30.3 Å². The van der Waals surface area contributed by atoms with Crippen LogP contribution in [-0.4, -0.2) is 46.8 Å². The van der Waals surface area contributed by atoms with Crippen molar-refractivity contribution < 1.29 is 4.79 Å². The highest BCUT2D eigenvalue weighted by molar-refractivity contribution is 5.94. The molecule has 122 valence electrons. The average molecular weight is 312 g/mol. The van der Waals surface area contributed by atoms with Gasteiger partial charge in [0.05, 0.1) is 12.2 Å². The molecule has 0 unspecified atom stereocenters. The van der Waals surface area contributed by atoms with Crippen LogP contribution in [0.3, 0.4) is 0 Å². The van der Waals surface area contributed by atoms with E-state index in [2.05, 4.69) is 23.4 Å². The number of amides is 1. The molecule has 1 N–H and O–H groups in total. The minimum atomic E-state index is 0.0916. The number of likely N-dealkylation sites (N-methyl/N-ethyl adjacent to an activating group) is 1. The summed E-state index contributed by atoms with van der Waals surface area (Å²) in [7, 11) is 1.90. The van der Waals surface area contributed by atoms with Crippen LogP contribution in [0.4, 0.5) is 0 Å². The molecule has 1 fully saturated rings. The van der Waals surface area contributed by atoms with E-state index in [-0.39, 0.29) is 5.91 Å². The highest BCUT2D eigenvalue weighted by Gasteiger charge is 2.24. The quantitative estimate of drug-likeness (QED) is 0.939. The molecule has 1 amide bonds. The van der Waals surface area contributed by atoms with Crippen molar-refractivity contribution in [2.24, 2.45) is 0 Å². The Morgan fingerprint density at radius 2 is 2.22 bits per heavy atom. The number of rotatable bonds is 4. The Kier molecular flexibility index (Phi) is 4.48. The molecule has 2 aromatic rings. The summed E-state index contributed by atoms with van der Waals surface area (Å²) in [6.45, 7) is 6.60. The maximum absolute atomic E-state index is 12.7. The van der Waals surface area contributed by atoms with Crippen LogP contribution >= 0.6 is 0 Å². The van der Waals surface area contributed by atoms with Gasteiger partial charge in [-0.15, -0.1) is 0 Å². The predicted molar refractivity (Wildman–Crippen MR) is 90.6 cm³/mol. The summed E-state index contributed by atoms with van der Waals surface area (Å²) in [4.78, 5) is 14.5. The molecule has 5 heteroatoms. The van der Waals surface area contributed by atoms with Gasteiger partial charge in [-0.1, -0.05) is 12.1 Å². The van der Waals surface area contributed by atoms with E-state index in [9.17, 15) is 4.79 Å². The number of carbonyl (C=O) groups excluding carboxylic acids is 1. The van der Waals surface area contributed by atoms with E-state index in [1.807, 2.05) is 47.8 Å². The average Bonchev–Trinajstić information content (AvgIpc) is 3.16. The molecule has 1 saturated heterocycles. The van der Waals surface area contributed by atoms with Crippen LogP contribution in [0.2, 0.25) is 0 Å². The van der Waals surface area contributed by atoms with Gasteiger partial charge in [-0.2, -0.15) is 5.10 Å². The number of hydrogen-bond donors (Lipinski definition) is 1. The van der Waals surface area contributed by atoms with Gasteiger partial charge in [0.15, 0.2) is 0 Å². The first-order valence-electron chi connectivity index (χ1n) is 8.12. The zero-order chi connectivity index (χ0) is 16.4. The Balaban J connectivity index is 1.76. The summed E-state index contributed by atoms with van der Waals surface area (Å²) in [5.41, 5.74) is 4.00. The van der Waals surface area contributed by atoms with Gasteiger partial charge in [0, 0.05) is 30.9 Å². The van der Waals surface area contributed by atoms with Gasteiger partial charge in [-0.25, -0.2) is 0 Å². The molecule has 1 aliphatic rings. The number of hydrogen-bond acceptors (Lipinski definition) is 3.